The average molecular weight is 444 g/mol. The Morgan fingerprint density at radius 2 is 1.85 bits per heavy atom. The van der Waals surface area contributed by atoms with Crippen LogP contribution < -0.4 is 30.8 Å². The van der Waals surface area contributed by atoms with Crippen molar-refractivity contribution in [3.63, 3.8) is 0 Å². The maximum absolute atomic E-state index is 6.10. The Labute approximate surface area is 191 Å². The van der Waals surface area contributed by atoms with Crippen molar-refractivity contribution in [2.45, 2.75) is 12.5 Å². The Kier molecular flexibility index (Phi) is 5.54. The number of methoxy groups -OCH3 is 2. The van der Waals surface area contributed by atoms with E-state index in [9.17, 15) is 0 Å². The van der Waals surface area contributed by atoms with Crippen molar-refractivity contribution < 1.29 is 14.2 Å². The molecule has 1 atom stereocenters. The van der Waals surface area contributed by atoms with Crippen molar-refractivity contribution in [2.24, 2.45) is 10.8 Å². The van der Waals surface area contributed by atoms with E-state index in [0.717, 1.165) is 33.5 Å². The van der Waals surface area contributed by atoms with Gasteiger partial charge in [-0.15, -0.1) is 0 Å². The molecule has 33 heavy (non-hydrogen) atoms. The molecule has 4 N–H and O–H groups in total. The number of ether oxygens (including phenoxy) is 3. The SMILES string of the molecule is COc1cc(OC)c2c(c1)OCCC1=C2NC(NN)=NC1c1ccc(-c2cncnc2)cc1. The number of aliphatic imine (C=N–C) groups is 1. The zero-order valence-electron chi connectivity index (χ0n) is 18.3. The molecular formula is C24H24N6O3. The minimum atomic E-state index is -0.241. The number of nitrogens with zero attached hydrogens (tertiary/aromatic N) is 3. The number of nitrogens with one attached hydrogen (secondary N) is 2. The van der Waals surface area contributed by atoms with E-state index in [1.54, 1.807) is 26.6 Å². The van der Waals surface area contributed by atoms with Crippen molar-refractivity contribution in [2.75, 3.05) is 20.8 Å². The molecule has 0 saturated carbocycles. The number of hydrogen-bond acceptors (Lipinski definition) is 9. The van der Waals surface area contributed by atoms with Crippen molar-refractivity contribution in [3.8, 4) is 28.4 Å². The molecule has 2 aliphatic heterocycles. The fourth-order valence-corrected chi connectivity index (χ4v) is 4.19. The fourth-order valence-electron chi connectivity index (χ4n) is 4.19. The van der Waals surface area contributed by atoms with E-state index in [4.69, 9.17) is 25.0 Å². The van der Waals surface area contributed by atoms with Gasteiger partial charge in [-0.1, -0.05) is 24.3 Å². The van der Waals surface area contributed by atoms with Crippen molar-refractivity contribution in [1.82, 2.24) is 20.7 Å². The van der Waals surface area contributed by atoms with Crippen LogP contribution in [0.4, 0.5) is 0 Å². The second-order valence-electron chi connectivity index (χ2n) is 7.60. The molecule has 9 nitrogen and oxygen atoms in total. The Morgan fingerprint density at radius 1 is 1.06 bits per heavy atom. The molecule has 0 bridgehead atoms. The molecule has 3 heterocycles. The van der Waals surface area contributed by atoms with E-state index in [1.807, 2.05) is 24.3 Å². The number of benzene rings is 2. The summed E-state index contributed by atoms with van der Waals surface area (Å²) in [7, 11) is 3.24. The molecule has 2 aliphatic rings. The highest BCUT2D eigenvalue weighted by Crippen LogP contribution is 2.45. The van der Waals surface area contributed by atoms with Crippen LogP contribution in [-0.2, 0) is 0 Å². The number of nitrogens with two attached hydrogens (primary N) is 1. The summed E-state index contributed by atoms with van der Waals surface area (Å²) in [5.74, 6) is 8.22. The Morgan fingerprint density at radius 3 is 2.55 bits per heavy atom. The highest BCUT2D eigenvalue weighted by Gasteiger charge is 2.32. The smallest absolute Gasteiger partial charge is 0.211 e. The van der Waals surface area contributed by atoms with Gasteiger partial charge in [0.05, 0.1) is 32.1 Å². The van der Waals surface area contributed by atoms with Gasteiger partial charge >= 0.3 is 0 Å². The van der Waals surface area contributed by atoms with E-state index in [-0.39, 0.29) is 6.04 Å². The summed E-state index contributed by atoms with van der Waals surface area (Å²) < 4.78 is 17.2. The summed E-state index contributed by atoms with van der Waals surface area (Å²) in [5, 5.41) is 3.33. The first kappa shape index (κ1) is 20.8. The minimum Gasteiger partial charge on any atom is -0.496 e. The summed E-state index contributed by atoms with van der Waals surface area (Å²) in [6, 6.07) is 11.7. The molecular weight excluding hydrogens is 420 g/mol. The van der Waals surface area contributed by atoms with Crippen molar-refractivity contribution in [1.29, 1.82) is 0 Å². The first-order valence-electron chi connectivity index (χ1n) is 10.5. The minimum absolute atomic E-state index is 0.241. The summed E-state index contributed by atoms with van der Waals surface area (Å²) in [5.41, 5.74) is 8.47. The maximum Gasteiger partial charge on any atom is 0.211 e. The quantitative estimate of drug-likeness (QED) is 0.416. The molecule has 9 heteroatoms. The number of guanidine groups is 1. The lowest BCUT2D eigenvalue weighted by molar-refractivity contribution is 0.315. The van der Waals surface area contributed by atoms with Gasteiger partial charge in [0, 0.05) is 36.5 Å². The molecule has 0 radical (unpaired) electrons. The second-order valence-corrected chi connectivity index (χ2v) is 7.60. The number of fused-ring (bicyclic) bond motifs is 2. The molecule has 0 fully saturated rings. The van der Waals surface area contributed by atoms with Gasteiger partial charge in [0.25, 0.3) is 0 Å². The van der Waals surface area contributed by atoms with Gasteiger partial charge in [0.2, 0.25) is 5.96 Å². The monoisotopic (exact) mass is 444 g/mol. The van der Waals surface area contributed by atoms with Gasteiger partial charge in [-0.25, -0.2) is 20.8 Å². The van der Waals surface area contributed by atoms with Crippen LogP contribution in [0.15, 0.2) is 65.7 Å². The van der Waals surface area contributed by atoms with Gasteiger partial charge < -0.3 is 19.5 Å². The first-order chi connectivity index (χ1) is 16.2. The fraction of sp³-hybridized carbons (Fsp3) is 0.208. The van der Waals surface area contributed by atoms with E-state index in [2.05, 4.69) is 32.8 Å². The van der Waals surface area contributed by atoms with Crippen LogP contribution in [0.1, 0.15) is 23.6 Å². The molecule has 0 aliphatic carbocycles. The predicted molar refractivity (Wildman–Crippen MR) is 125 cm³/mol. The Bertz CT molecular complexity index is 1220. The van der Waals surface area contributed by atoms with Crippen LogP contribution >= 0.6 is 0 Å². The van der Waals surface area contributed by atoms with Gasteiger partial charge in [-0.2, -0.15) is 0 Å². The van der Waals surface area contributed by atoms with Crippen LogP contribution in [0.2, 0.25) is 0 Å². The van der Waals surface area contributed by atoms with Gasteiger partial charge in [0.1, 0.15) is 29.6 Å². The van der Waals surface area contributed by atoms with Gasteiger partial charge in [-0.05, 0) is 16.7 Å². The van der Waals surface area contributed by atoms with Crippen LogP contribution in [0.5, 0.6) is 17.2 Å². The summed E-state index contributed by atoms with van der Waals surface area (Å²) in [6.07, 6.45) is 5.79. The first-order valence-corrected chi connectivity index (χ1v) is 10.5. The predicted octanol–water partition coefficient (Wildman–Crippen LogP) is 2.82. The highest BCUT2D eigenvalue weighted by atomic mass is 16.5. The van der Waals surface area contributed by atoms with E-state index >= 15 is 0 Å². The summed E-state index contributed by atoms with van der Waals surface area (Å²) in [6.45, 7) is 0.501. The summed E-state index contributed by atoms with van der Waals surface area (Å²) >= 11 is 0. The number of hydrogen-bond donors (Lipinski definition) is 3. The lowest BCUT2D eigenvalue weighted by atomic mass is 9.90. The van der Waals surface area contributed by atoms with Crippen LogP contribution in [0.3, 0.4) is 0 Å². The third-order valence-corrected chi connectivity index (χ3v) is 5.78. The molecule has 168 valence electrons. The zero-order valence-corrected chi connectivity index (χ0v) is 18.3. The number of hydrazine groups is 1. The normalized spacial score (nSPS) is 16.9. The van der Waals surface area contributed by atoms with E-state index in [1.165, 1.54) is 6.33 Å². The Hall–Kier alpha value is -4.11. The van der Waals surface area contributed by atoms with Gasteiger partial charge in [0.15, 0.2) is 0 Å². The number of rotatable bonds is 4. The van der Waals surface area contributed by atoms with E-state index in [0.29, 0.717) is 36.2 Å². The lowest BCUT2D eigenvalue weighted by Gasteiger charge is -2.28. The second kappa shape index (κ2) is 8.79. The largest absolute Gasteiger partial charge is 0.496 e. The third kappa shape index (κ3) is 3.83. The van der Waals surface area contributed by atoms with E-state index < -0.39 is 0 Å². The summed E-state index contributed by atoms with van der Waals surface area (Å²) in [4.78, 5) is 13.0. The lowest BCUT2D eigenvalue weighted by Crippen LogP contribution is -2.43. The van der Waals surface area contributed by atoms with Gasteiger partial charge in [-0.3, -0.25) is 5.43 Å². The zero-order chi connectivity index (χ0) is 22.8. The van der Waals surface area contributed by atoms with Crippen LogP contribution in [0, 0.1) is 0 Å². The standard InChI is InChI=1S/C24H24N6O3/c1-31-17-9-19(32-2)21-20(10-17)33-8-7-18-22(28-24(30-25)29-23(18)21)15-5-3-14(4-6-15)16-11-26-13-27-12-16/h3-6,9-13,22H,7-8,25H2,1-2H3,(H2,28,29,30). The molecule has 0 amide bonds. The average Bonchev–Trinajstić information content (AvgIpc) is 3.07. The maximum atomic E-state index is 6.10. The Balaban J connectivity index is 1.61. The molecule has 2 aromatic carbocycles. The van der Waals surface area contributed by atoms with Crippen molar-refractivity contribution in [3.05, 3.63) is 71.8 Å². The molecule has 1 unspecified atom stereocenters. The van der Waals surface area contributed by atoms with Crippen LogP contribution in [0.25, 0.3) is 16.8 Å². The van der Waals surface area contributed by atoms with Crippen molar-refractivity contribution >= 4 is 11.7 Å². The molecule has 3 aromatic rings. The highest BCUT2D eigenvalue weighted by molar-refractivity contribution is 5.95. The van der Waals surface area contributed by atoms with Crippen LogP contribution in [-0.4, -0.2) is 36.8 Å². The molecule has 0 spiro atoms. The molecule has 1 aromatic heterocycles. The third-order valence-electron chi connectivity index (χ3n) is 5.78. The topological polar surface area (TPSA) is 116 Å². The number of aromatic nitrogens is 2. The molecule has 5 rings (SSSR count). The molecule has 0 saturated heterocycles.